The van der Waals surface area contributed by atoms with Crippen molar-refractivity contribution in [1.29, 1.82) is 0 Å². The molecule has 18 heavy (non-hydrogen) atoms. The molecule has 0 saturated heterocycles. The zero-order chi connectivity index (χ0) is 13.4. The maximum Gasteiger partial charge on any atom is 0.246 e. The molecule has 0 spiro atoms. The predicted molar refractivity (Wildman–Crippen MR) is 69.7 cm³/mol. The molecule has 0 aliphatic carbocycles. The number of nitrogens with one attached hydrogen (secondary N) is 2. The van der Waals surface area contributed by atoms with Crippen molar-refractivity contribution in [2.45, 2.75) is 18.9 Å². The number of nitrogens with two attached hydrogens (primary N) is 1. The Hall–Kier alpha value is -1.88. The normalized spacial score (nSPS) is 11.7. The zero-order valence-corrected chi connectivity index (χ0v) is 10.5. The predicted octanol–water partition coefficient (Wildman–Crippen LogP) is 0.329. The van der Waals surface area contributed by atoms with Gasteiger partial charge in [-0.3, -0.25) is 9.59 Å². The van der Waals surface area contributed by atoms with Gasteiger partial charge >= 0.3 is 0 Å². The van der Waals surface area contributed by atoms with E-state index in [2.05, 4.69) is 10.6 Å². The van der Waals surface area contributed by atoms with Crippen molar-refractivity contribution in [2.75, 3.05) is 13.6 Å². The summed E-state index contributed by atoms with van der Waals surface area (Å²) in [6.07, 6.45) is 0.942. The number of rotatable bonds is 6. The topological polar surface area (TPSA) is 84.2 Å². The Morgan fingerprint density at radius 1 is 1.28 bits per heavy atom. The molecule has 0 saturated carbocycles. The summed E-state index contributed by atoms with van der Waals surface area (Å²) in [5.41, 5.74) is 6.11. The summed E-state index contributed by atoms with van der Waals surface area (Å²) >= 11 is 0. The molecule has 0 aliphatic rings. The number of likely N-dealkylation sites (N-methyl/N-ethyl adjacent to an activating group) is 1. The summed E-state index contributed by atoms with van der Waals surface area (Å²) in [6.45, 7) is 0.462. The number of amides is 2. The first kappa shape index (κ1) is 14.2. The van der Waals surface area contributed by atoms with Crippen LogP contribution in [0, 0.1) is 0 Å². The Bertz CT molecular complexity index is 392. The average molecular weight is 249 g/mol. The van der Waals surface area contributed by atoms with E-state index in [1.807, 2.05) is 30.3 Å². The van der Waals surface area contributed by atoms with Gasteiger partial charge in [-0.2, -0.15) is 0 Å². The summed E-state index contributed by atoms with van der Waals surface area (Å²) in [5, 5.41) is 5.26. The lowest BCUT2D eigenvalue weighted by Gasteiger charge is -2.17. The van der Waals surface area contributed by atoms with Crippen molar-refractivity contribution in [2.24, 2.45) is 5.73 Å². The van der Waals surface area contributed by atoms with Crippen molar-refractivity contribution >= 4 is 11.8 Å². The lowest BCUT2D eigenvalue weighted by atomic mass is 10.1. The smallest absolute Gasteiger partial charge is 0.246 e. The Labute approximate surface area is 107 Å². The van der Waals surface area contributed by atoms with Crippen LogP contribution < -0.4 is 16.4 Å². The van der Waals surface area contributed by atoms with Gasteiger partial charge in [-0.05, 0) is 18.5 Å². The second kappa shape index (κ2) is 7.45. The van der Waals surface area contributed by atoms with Crippen molar-refractivity contribution in [3.05, 3.63) is 35.9 Å². The average Bonchev–Trinajstić information content (AvgIpc) is 2.42. The van der Waals surface area contributed by atoms with Crippen LogP contribution in [0.15, 0.2) is 30.3 Å². The number of carbonyl (C=O) groups excluding carboxylic acids is 2. The van der Waals surface area contributed by atoms with Crippen LogP contribution in [0.5, 0.6) is 0 Å². The largest absolute Gasteiger partial charge is 0.357 e. The molecule has 0 radical (unpaired) electrons. The molecule has 1 aromatic carbocycles. The van der Waals surface area contributed by atoms with E-state index in [9.17, 15) is 9.59 Å². The molecule has 0 aromatic heterocycles. The number of hydrogen-bond acceptors (Lipinski definition) is 3. The summed E-state index contributed by atoms with van der Waals surface area (Å²) < 4.78 is 0. The second-order valence-electron chi connectivity index (χ2n) is 3.92. The molecule has 98 valence electrons. The molecule has 1 atom stereocenters. The van der Waals surface area contributed by atoms with E-state index in [4.69, 9.17) is 5.73 Å². The van der Waals surface area contributed by atoms with E-state index in [1.54, 1.807) is 7.05 Å². The molecule has 1 aromatic rings. The van der Waals surface area contributed by atoms with Crippen molar-refractivity contribution < 1.29 is 9.59 Å². The molecular formula is C13H19N3O2. The van der Waals surface area contributed by atoms with E-state index >= 15 is 0 Å². The van der Waals surface area contributed by atoms with E-state index in [1.165, 1.54) is 0 Å². The monoisotopic (exact) mass is 249 g/mol. The van der Waals surface area contributed by atoms with E-state index in [-0.39, 0.29) is 11.8 Å². The van der Waals surface area contributed by atoms with Gasteiger partial charge in [-0.15, -0.1) is 0 Å². The molecule has 1 rings (SSSR count). The van der Waals surface area contributed by atoms with Crippen LogP contribution in [0.2, 0.25) is 0 Å². The van der Waals surface area contributed by atoms with E-state index in [0.29, 0.717) is 19.4 Å². The van der Waals surface area contributed by atoms with Crippen LogP contribution >= 0.6 is 0 Å². The molecule has 2 amide bonds. The quantitative estimate of drug-likeness (QED) is 0.679. The Morgan fingerprint density at radius 2 is 1.94 bits per heavy atom. The first-order valence-corrected chi connectivity index (χ1v) is 5.95. The minimum Gasteiger partial charge on any atom is -0.357 e. The fourth-order valence-electron chi connectivity index (χ4n) is 1.59. The standard InChI is InChI=1S/C13H19N3O2/c1-15-13(18)12(10-6-3-2-4-7-10)16-11(17)8-5-9-14/h2-4,6-7,12H,5,8-9,14H2,1H3,(H,15,18)(H,16,17). The Balaban J connectivity index is 2.74. The van der Waals surface area contributed by atoms with Crippen LogP contribution in [0.1, 0.15) is 24.4 Å². The van der Waals surface area contributed by atoms with Gasteiger partial charge in [0.2, 0.25) is 11.8 Å². The van der Waals surface area contributed by atoms with Gasteiger partial charge in [-0.1, -0.05) is 30.3 Å². The van der Waals surface area contributed by atoms with Gasteiger partial charge in [0.15, 0.2) is 0 Å². The number of benzene rings is 1. The first-order chi connectivity index (χ1) is 8.69. The SMILES string of the molecule is CNC(=O)C(NC(=O)CCCN)c1ccccc1. The third kappa shape index (κ3) is 4.18. The van der Waals surface area contributed by atoms with Gasteiger partial charge in [-0.25, -0.2) is 0 Å². The van der Waals surface area contributed by atoms with Crippen LogP contribution in [0.25, 0.3) is 0 Å². The van der Waals surface area contributed by atoms with Gasteiger partial charge in [0.05, 0.1) is 0 Å². The van der Waals surface area contributed by atoms with E-state index in [0.717, 1.165) is 5.56 Å². The molecule has 0 heterocycles. The summed E-state index contributed by atoms with van der Waals surface area (Å²) in [7, 11) is 1.55. The van der Waals surface area contributed by atoms with Crippen LogP contribution in [-0.4, -0.2) is 25.4 Å². The highest BCUT2D eigenvalue weighted by molar-refractivity contribution is 5.88. The summed E-state index contributed by atoms with van der Waals surface area (Å²) in [5.74, 6) is -0.403. The van der Waals surface area contributed by atoms with Crippen molar-refractivity contribution in [1.82, 2.24) is 10.6 Å². The third-order valence-corrected chi connectivity index (χ3v) is 2.55. The lowest BCUT2D eigenvalue weighted by Crippen LogP contribution is -2.39. The molecule has 1 unspecified atom stereocenters. The minimum absolute atomic E-state index is 0.169. The number of carbonyl (C=O) groups is 2. The fourth-order valence-corrected chi connectivity index (χ4v) is 1.59. The fraction of sp³-hybridized carbons (Fsp3) is 0.385. The highest BCUT2D eigenvalue weighted by Crippen LogP contribution is 2.12. The van der Waals surface area contributed by atoms with E-state index < -0.39 is 6.04 Å². The highest BCUT2D eigenvalue weighted by Gasteiger charge is 2.20. The maximum absolute atomic E-state index is 11.8. The summed E-state index contributed by atoms with van der Waals surface area (Å²) in [6, 6.07) is 8.49. The molecule has 0 fully saturated rings. The number of hydrogen-bond donors (Lipinski definition) is 3. The van der Waals surface area contributed by atoms with Crippen LogP contribution in [0.4, 0.5) is 0 Å². The minimum atomic E-state index is -0.651. The van der Waals surface area contributed by atoms with Crippen LogP contribution in [-0.2, 0) is 9.59 Å². The van der Waals surface area contributed by atoms with Crippen molar-refractivity contribution in [3.8, 4) is 0 Å². The van der Waals surface area contributed by atoms with Gasteiger partial charge in [0.25, 0.3) is 0 Å². The third-order valence-electron chi connectivity index (χ3n) is 2.55. The first-order valence-electron chi connectivity index (χ1n) is 5.95. The Morgan fingerprint density at radius 3 is 2.50 bits per heavy atom. The van der Waals surface area contributed by atoms with Gasteiger partial charge in [0.1, 0.15) is 6.04 Å². The summed E-state index contributed by atoms with van der Waals surface area (Å²) in [4.78, 5) is 23.4. The molecular weight excluding hydrogens is 230 g/mol. The van der Waals surface area contributed by atoms with Gasteiger partial charge in [0, 0.05) is 13.5 Å². The van der Waals surface area contributed by atoms with Crippen LogP contribution in [0.3, 0.4) is 0 Å². The molecule has 0 aliphatic heterocycles. The second-order valence-corrected chi connectivity index (χ2v) is 3.92. The lowest BCUT2D eigenvalue weighted by molar-refractivity contribution is -0.128. The molecule has 5 heteroatoms. The molecule has 4 N–H and O–H groups in total. The molecule has 0 bridgehead atoms. The highest BCUT2D eigenvalue weighted by atomic mass is 16.2. The zero-order valence-electron chi connectivity index (χ0n) is 10.5. The van der Waals surface area contributed by atoms with Gasteiger partial charge < -0.3 is 16.4 Å². The Kier molecular flexibility index (Phi) is 5.87. The molecule has 5 nitrogen and oxygen atoms in total. The van der Waals surface area contributed by atoms with Crippen molar-refractivity contribution in [3.63, 3.8) is 0 Å². The maximum atomic E-state index is 11.8.